The smallest absolute Gasteiger partial charge is 0.268 e. The molecule has 0 bridgehead atoms. The summed E-state index contributed by atoms with van der Waals surface area (Å²) >= 11 is 0. The van der Waals surface area contributed by atoms with Crippen molar-refractivity contribution in [3.63, 3.8) is 0 Å². The molecule has 5 nitrogen and oxygen atoms in total. The van der Waals surface area contributed by atoms with Crippen LogP contribution in [-0.4, -0.2) is 16.4 Å². The highest BCUT2D eigenvalue weighted by Crippen LogP contribution is 2.43. The largest absolute Gasteiger partial charge is 0.308 e. The van der Waals surface area contributed by atoms with Crippen molar-refractivity contribution >= 4 is 39.3 Å². The van der Waals surface area contributed by atoms with Gasteiger partial charge in [0.1, 0.15) is 0 Å². The van der Waals surface area contributed by atoms with Gasteiger partial charge in [-0.2, -0.15) is 5.26 Å². The van der Waals surface area contributed by atoms with E-state index in [1.165, 1.54) is 4.90 Å². The Labute approximate surface area is 288 Å². The lowest BCUT2D eigenvalue weighted by Crippen LogP contribution is -2.30. The summed E-state index contributed by atoms with van der Waals surface area (Å²) in [5, 5.41) is 12.1. The molecule has 234 valence electrons. The Morgan fingerprint density at radius 1 is 0.460 bits per heavy atom. The first-order valence-corrected chi connectivity index (χ1v) is 16.4. The van der Waals surface area contributed by atoms with Gasteiger partial charge in [0.15, 0.2) is 0 Å². The highest BCUT2D eigenvalue weighted by Gasteiger charge is 2.40. The number of imide groups is 1. The topological polar surface area (TPSA) is 66.1 Å². The van der Waals surface area contributed by atoms with E-state index in [0.29, 0.717) is 28.1 Å². The highest BCUT2D eigenvalue weighted by molar-refractivity contribution is 6.36. The lowest BCUT2D eigenvalue weighted by Gasteiger charge is -2.20. The van der Waals surface area contributed by atoms with Gasteiger partial charge in [0.2, 0.25) is 0 Å². The number of amides is 2. The standard InChI is InChI=1S/C45H27N3O2/c46-28-32-17-7-8-18-33(32)36-20-11-21-37-35-19-9-10-23-39(35)47(43(36)37)40-24-12-22-38-42(40)45(50)48(44(38)49)41-27-31(29-13-3-1-4-14-29)25-26-34(41)30-15-5-2-6-16-30/h1-27H. The third kappa shape index (κ3) is 4.40. The van der Waals surface area contributed by atoms with E-state index < -0.39 is 0 Å². The average Bonchev–Trinajstić information content (AvgIpc) is 3.66. The summed E-state index contributed by atoms with van der Waals surface area (Å²) in [5.41, 5.74) is 9.38. The lowest BCUT2D eigenvalue weighted by molar-refractivity contribution is 0.0926. The zero-order valence-corrected chi connectivity index (χ0v) is 26.7. The van der Waals surface area contributed by atoms with Crippen LogP contribution in [0.2, 0.25) is 0 Å². The number of para-hydroxylation sites is 2. The van der Waals surface area contributed by atoms with Crippen molar-refractivity contribution in [3.05, 3.63) is 180 Å². The zero-order chi connectivity index (χ0) is 33.8. The molecule has 2 amide bonds. The number of anilines is 1. The van der Waals surface area contributed by atoms with E-state index in [1.54, 1.807) is 6.07 Å². The van der Waals surface area contributed by atoms with Gasteiger partial charge in [-0.25, -0.2) is 4.90 Å². The Kier molecular flexibility index (Phi) is 6.75. The number of rotatable bonds is 5. The van der Waals surface area contributed by atoms with Crippen molar-refractivity contribution in [2.45, 2.75) is 0 Å². The first kappa shape index (κ1) is 29.1. The predicted octanol–water partition coefficient (Wildman–Crippen LogP) is 10.5. The van der Waals surface area contributed by atoms with Gasteiger partial charge in [0.05, 0.1) is 45.2 Å². The number of nitriles is 1. The molecule has 1 aromatic heterocycles. The van der Waals surface area contributed by atoms with Crippen LogP contribution < -0.4 is 4.90 Å². The van der Waals surface area contributed by atoms with Crippen molar-refractivity contribution in [2.24, 2.45) is 0 Å². The van der Waals surface area contributed by atoms with Crippen LogP contribution in [0.5, 0.6) is 0 Å². The van der Waals surface area contributed by atoms with Crippen LogP contribution in [0.3, 0.4) is 0 Å². The molecule has 0 aliphatic carbocycles. The van der Waals surface area contributed by atoms with Crippen LogP contribution in [-0.2, 0) is 0 Å². The molecule has 0 fully saturated rings. The summed E-state index contributed by atoms with van der Waals surface area (Å²) in [7, 11) is 0. The second-order valence-electron chi connectivity index (χ2n) is 12.3. The molecule has 0 atom stereocenters. The quantitative estimate of drug-likeness (QED) is 0.176. The Balaban J connectivity index is 1.30. The molecular formula is C45H27N3O2. The summed E-state index contributed by atoms with van der Waals surface area (Å²) in [6, 6.07) is 55.3. The molecule has 7 aromatic carbocycles. The number of nitrogens with zero attached hydrogens (tertiary/aromatic N) is 3. The van der Waals surface area contributed by atoms with E-state index in [4.69, 9.17) is 0 Å². The monoisotopic (exact) mass is 641 g/mol. The van der Waals surface area contributed by atoms with E-state index in [9.17, 15) is 14.9 Å². The second kappa shape index (κ2) is 11.6. The van der Waals surface area contributed by atoms with Gasteiger partial charge in [-0.05, 0) is 47.0 Å². The highest BCUT2D eigenvalue weighted by atomic mass is 16.2. The maximum absolute atomic E-state index is 14.9. The van der Waals surface area contributed by atoms with Gasteiger partial charge in [0.25, 0.3) is 11.8 Å². The van der Waals surface area contributed by atoms with Crippen LogP contribution in [0, 0.1) is 11.3 Å². The van der Waals surface area contributed by atoms with Crippen molar-refractivity contribution < 1.29 is 9.59 Å². The van der Waals surface area contributed by atoms with Crippen LogP contribution in [0.25, 0.3) is 60.9 Å². The predicted molar refractivity (Wildman–Crippen MR) is 199 cm³/mol. The molecule has 9 rings (SSSR count). The van der Waals surface area contributed by atoms with E-state index in [-0.39, 0.29) is 11.8 Å². The van der Waals surface area contributed by atoms with Crippen molar-refractivity contribution in [2.75, 3.05) is 4.90 Å². The van der Waals surface area contributed by atoms with Gasteiger partial charge in [-0.3, -0.25) is 9.59 Å². The normalized spacial score (nSPS) is 12.4. The molecule has 0 saturated carbocycles. The van der Waals surface area contributed by atoms with Crippen molar-refractivity contribution in [3.8, 4) is 45.1 Å². The fraction of sp³-hybridized carbons (Fsp3) is 0. The van der Waals surface area contributed by atoms with E-state index in [2.05, 4.69) is 22.8 Å². The average molecular weight is 642 g/mol. The summed E-state index contributed by atoms with van der Waals surface area (Å²) in [6.07, 6.45) is 0. The summed E-state index contributed by atoms with van der Waals surface area (Å²) in [6.45, 7) is 0. The minimum Gasteiger partial charge on any atom is -0.308 e. The molecule has 0 spiro atoms. The third-order valence-corrected chi connectivity index (χ3v) is 9.60. The molecule has 0 radical (unpaired) electrons. The van der Waals surface area contributed by atoms with Gasteiger partial charge in [-0.15, -0.1) is 0 Å². The first-order chi connectivity index (χ1) is 24.6. The minimum absolute atomic E-state index is 0.340. The summed E-state index contributed by atoms with van der Waals surface area (Å²) in [4.78, 5) is 30.8. The van der Waals surface area contributed by atoms with E-state index >= 15 is 0 Å². The van der Waals surface area contributed by atoms with Crippen LogP contribution in [0.1, 0.15) is 26.3 Å². The number of benzene rings is 7. The Morgan fingerprint density at radius 2 is 1.10 bits per heavy atom. The number of hydrogen-bond acceptors (Lipinski definition) is 3. The fourth-order valence-electron chi connectivity index (χ4n) is 7.36. The molecule has 0 saturated heterocycles. The van der Waals surface area contributed by atoms with Gasteiger partial charge < -0.3 is 4.57 Å². The Hall–Kier alpha value is -7.03. The maximum atomic E-state index is 14.9. The molecule has 2 heterocycles. The first-order valence-electron chi connectivity index (χ1n) is 16.4. The molecule has 5 heteroatoms. The molecule has 50 heavy (non-hydrogen) atoms. The van der Waals surface area contributed by atoms with Gasteiger partial charge in [0, 0.05) is 27.5 Å². The Bertz CT molecular complexity index is 2700. The maximum Gasteiger partial charge on any atom is 0.268 e. The Morgan fingerprint density at radius 3 is 1.90 bits per heavy atom. The zero-order valence-electron chi connectivity index (χ0n) is 26.7. The number of hydrogen-bond donors (Lipinski definition) is 0. The van der Waals surface area contributed by atoms with Gasteiger partial charge in [-0.1, -0.05) is 133 Å². The summed E-state index contributed by atoms with van der Waals surface area (Å²) < 4.78 is 2.08. The van der Waals surface area contributed by atoms with Crippen molar-refractivity contribution in [1.82, 2.24) is 4.57 Å². The molecule has 0 N–H and O–H groups in total. The fourth-order valence-corrected chi connectivity index (χ4v) is 7.36. The molecule has 0 unspecified atom stereocenters. The lowest BCUT2D eigenvalue weighted by atomic mass is 9.97. The van der Waals surface area contributed by atoms with E-state index in [1.807, 2.05) is 146 Å². The second-order valence-corrected chi connectivity index (χ2v) is 12.3. The number of carbonyl (C=O) groups excluding carboxylic acids is 2. The molecule has 1 aliphatic heterocycles. The number of carbonyl (C=O) groups is 2. The minimum atomic E-state index is -0.385. The third-order valence-electron chi connectivity index (χ3n) is 9.60. The molecule has 1 aliphatic rings. The number of aromatic nitrogens is 1. The van der Waals surface area contributed by atoms with Crippen LogP contribution in [0.4, 0.5) is 5.69 Å². The summed E-state index contributed by atoms with van der Waals surface area (Å²) in [5.74, 6) is -0.756. The number of fused-ring (bicyclic) bond motifs is 4. The van der Waals surface area contributed by atoms with Crippen LogP contribution in [0.15, 0.2) is 164 Å². The van der Waals surface area contributed by atoms with Crippen LogP contribution >= 0.6 is 0 Å². The molecule has 8 aromatic rings. The SMILES string of the molecule is N#Cc1ccccc1-c1cccc2c3ccccc3n(-c3cccc4c3C(=O)N(c3cc(-c5ccccc5)ccc3-c3ccccc3)C4=O)c12. The van der Waals surface area contributed by atoms with E-state index in [0.717, 1.165) is 55.2 Å². The van der Waals surface area contributed by atoms with Gasteiger partial charge >= 0.3 is 0 Å². The van der Waals surface area contributed by atoms with Crippen molar-refractivity contribution in [1.29, 1.82) is 5.26 Å². The molecular weight excluding hydrogens is 615 g/mol.